The summed E-state index contributed by atoms with van der Waals surface area (Å²) in [5.74, 6) is 1.16. The number of benzene rings is 2. The first-order chi connectivity index (χ1) is 14.6. The van der Waals surface area contributed by atoms with Crippen LogP contribution in [0.2, 0.25) is 0 Å². The smallest absolute Gasteiger partial charge is 0.335 e. The van der Waals surface area contributed by atoms with Crippen molar-refractivity contribution in [1.82, 2.24) is 0 Å². The molecule has 2 aliphatic rings. The Morgan fingerprint density at radius 2 is 1.90 bits per heavy atom. The molecule has 0 spiro atoms. The Hall–Kier alpha value is -2.22. The van der Waals surface area contributed by atoms with Crippen molar-refractivity contribution in [2.45, 2.75) is 22.8 Å². The van der Waals surface area contributed by atoms with E-state index in [1.807, 2.05) is 54.6 Å². The highest BCUT2D eigenvalue weighted by molar-refractivity contribution is 8.01. The largest absolute Gasteiger partial charge is 0.497 e. The number of carbonyl (C=O) groups excluding carboxylic acids is 2. The molecule has 2 aromatic rings. The molecule has 1 heterocycles. The standard InChI is InChI=1S/C23H23NO4S2/c1-27-16-9-7-14(8-10-16)11-28-23(26)18-15(12-29-17-5-3-2-4-6-17)13-30-22-19(18)21(25)20(22)24/h2-10,19-20,22H,11-13,24H2,1H3/t19?,20-,22+/m1/s1. The monoisotopic (exact) mass is 441 g/mol. The van der Waals surface area contributed by atoms with Crippen LogP contribution >= 0.6 is 23.5 Å². The van der Waals surface area contributed by atoms with E-state index in [-0.39, 0.29) is 17.6 Å². The molecule has 1 unspecified atom stereocenters. The maximum absolute atomic E-state index is 13.0. The zero-order valence-electron chi connectivity index (χ0n) is 16.6. The summed E-state index contributed by atoms with van der Waals surface area (Å²) in [6.07, 6.45) is 0. The van der Waals surface area contributed by atoms with Crippen molar-refractivity contribution in [1.29, 1.82) is 0 Å². The van der Waals surface area contributed by atoms with Gasteiger partial charge in [0.25, 0.3) is 0 Å². The molecule has 0 amide bonds. The van der Waals surface area contributed by atoms with Gasteiger partial charge in [-0.1, -0.05) is 30.3 Å². The van der Waals surface area contributed by atoms with Crippen LogP contribution in [-0.4, -0.2) is 41.7 Å². The number of hydrogen-bond acceptors (Lipinski definition) is 7. The van der Waals surface area contributed by atoms with Crippen LogP contribution in [-0.2, 0) is 20.9 Å². The highest BCUT2D eigenvalue weighted by Gasteiger charge is 2.54. The molecular weight excluding hydrogens is 418 g/mol. The van der Waals surface area contributed by atoms with Gasteiger partial charge in [-0.15, -0.1) is 11.8 Å². The second-order valence-electron chi connectivity index (χ2n) is 7.22. The van der Waals surface area contributed by atoms with Gasteiger partial charge in [0.1, 0.15) is 12.4 Å². The van der Waals surface area contributed by atoms with E-state index >= 15 is 0 Å². The van der Waals surface area contributed by atoms with Crippen molar-refractivity contribution in [3.05, 3.63) is 71.3 Å². The third-order valence-electron chi connectivity index (χ3n) is 5.36. The van der Waals surface area contributed by atoms with Gasteiger partial charge < -0.3 is 15.2 Å². The molecule has 4 rings (SSSR count). The Morgan fingerprint density at radius 1 is 1.17 bits per heavy atom. The van der Waals surface area contributed by atoms with E-state index in [4.69, 9.17) is 15.2 Å². The maximum Gasteiger partial charge on any atom is 0.335 e. The number of methoxy groups -OCH3 is 1. The van der Waals surface area contributed by atoms with Crippen LogP contribution < -0.4 is 10.5 Å². The first-order valence-corrected chi connectivity index (χ1v) is 11.7. The topological polar surface area (TPSA) is 78.6 Å². The molecular formula is C23H23NO4S2. The van der Waals surface area contributed by atoms with Gasteiger partial charge in [0, 0.05) is 27.2 Å². The Labute approximate surface area is 184 Å². The van der Waals surface area contributed by atoms with E-state index in [2.05, 4.69) is 0 Å². The first-order valence-electron chi connectivity index (χ1n) is 9.69. The van der Waals surface area contributed by atoms with Gasteiger partial charge in [0.2, 0.25) is 0 Å². The molecule has 0 saturated heterocycles. The van der Waals surface area contributed by atoms with Crippen LogP contribution in [0.25, 0.3) is 0 Å². The van der Waals surface area contributed by atoms with Gasteiger partial charge in [0.15, 0.2) is 5.78 Å². The van der Waals surface area contributed by atoms with Gasteiger partial charge in [-0.3, -0.25) is 4.79 Å². The molecule has 2 N–H and O–H groups in total. The summed E-state index contributed by atoms with van der Waals surface area (Å²) in [6.45, 7) is 0.149. The Balaban J connectivity index is 1.51. The van der Waals surface area contributed by atoms with Crippen LogP contribution in [0.15, 0.2) is 70.6 Å². The van der Waals surface area contributed by atoms with Crippen molar-refractivity contribution in [3.63, 3.8) is 0 Å². The lowest BCUT2D eigenvalue weighted by Gasteiger charge is -2.44. The number of esters is 1. The second-order valence-corrected chi connectivity index (χ2v) is 9.44. The molecule has 1 aliphatic heterocycles. The van der Waals surface area contributed by atoms with Crippen molar-refractivity contribution in [3.8, 4) is 5.75 Å². The number of carbonyl (C=O) groups is 2. The van der Waals surface area contributed by atoms with Crippen molar-refractivity contribution in [2.75, 3.05) is 18.6 Å². The van der Waals surface area contributed by atoms with E-state index in [1.165, 1.54) is 0 Å². The molecule has 1 fully saturated rings. The predicted octanol–water partition coefficient (Wildman–Crippen LogP) is 3.47. The van der Waals surface area contributed by atoms with Gasteiger partial charge in [-0.05, 0) is 35.4 Å². The quantitative estimate of drug-likeness (QED) is 0.521. The van der Waals surface area contributed by atoms with E-state index in [0.29, 0.717) is 17.1 Å². The molecule has 7 heteroatoms. The Bertz CT molecular complexity index is 959. The molecule has 0 radical (unpaired) electrons. The molecule has 5 nitrogen and oxygen atoms in total. The minimum absolute atomic E-state index is 0.0356. The summed E-state index contributed by atoms with van der Waals surface area (Å²) >= 11 is 3.33. The van der Waals surface area contributed by atoms with E-state index in [9.17, 15) is 9.59 Å². The third kappa shape index (κ3) is 4.29. The molecule has 30 heavy (non-hydrogen) atoms. The Kier molecular flexibility index (Phi) is 6.51. The average molecular weight is 442 g/mol. The molecule has 0 aromatic heterocycles. The van der Waals surface area contributed by atoms with Crippen molar-refractivity contribution >= 4 is 35.3 Å². The Morgan fingerprint density at radius 3 is 2.60 bits per heavy atom. The zero-order chi connectivity index (χ0) is 21.1. The number of rotatable bonds is 7. The summed E-state index contributed by atoms with van der Waals surface area (Å²) in [4.78, 5) is 26.6. The van der Waals surface area contributed by atoms with Crippen molar-refractivity contribution < 1.29 is 19.1 Å². The molecule has 3 atom stereocenters. The average Bonchev–Trinajstić information content (AvgIpc) is 2.81. The molecule has 156 valence electrons. The fourth-order valence-corrected chi connectivity index (χ4v) is 6.18. The summed E-state index contributed by atoms with van der Waals surface area (Å²) in [5, 5.41) is -0.0356. The summed E-state index contributed by atoms with van der Waals surface area (Å²) < 4.78 is 10.8. The lowest BCUT2D eigenvalue weighted by atomic mass is 9.72. The third-order valence-corrected chi connectivity index (χ3v) is 7.93. The van der Waals surface area contributed by atoms with Crippen molar-refractivity contribution in [2.24, 2.45) is 11.7 Å². The minimum Gasteiger partial charge on any atom is -0.497 e. The van der Waals surface area contributed by atoms with Crippen LogP contribution in [0.1, 0.15) is 5.56 Å². The zero-order valence-corrected chi connectivity index (χ0v) is 18.2. The fraction of sp³-hybridized carbons (Fsp3) is 0.304. The number of thioether (sulfide) groups is 2. The number of ketones is 1. The van der Waals surface area contributed by atoms with Gasteiger partial charge in [-0.25, -0.2) is 4.79 Å². The molecule has 1 aliphatic carbocycles. The number of Topliss-reactive ketones (excluding diaryl/α,β-unsaturated/α-hetero) is 1. The van der Waals surface area contributed by atoms with Gasteiger partial charge in [0.05, 0.1) is 19.1 Å². The second kappa shape index (κ2) is 9.29. The lowest BCUT2D eigenvalue weighted by molar-refractivity contribution is -0.143. The van der Waals surface area contributed by atoms with Crippen LogP contribution in [0.4, 0.5) is 0 Å². The minimum atomic E-state index is -0.493. The van der Waals surface area contributed by atoms with Crippen LogP contribution in [0.5, 0.6) is 5.75 Å². The number of hydrogen-bond donors (Lipinski definition) is 1. The normalized spacial score (nSPS) is 22.9. The van der Waals surface area contributed by atoms with Crippen LogP contribution in [0, 0.1) is 5.92 Å². The van der Waals surface area contributed by atoms with Gasteiger partial charge >= 0.3 is 5.97 Å². The molecule has 1 saturated carbocycles. The van der Waals surface area contributed by atoms with E-state index < -0.39 is 17.9 Å². The number of nitrogens with two attached hydrogens (primary N) is 1. The number of ether oxygens (including phenoxy) is 2. The summed E-state index contributed by atoms with van der Waals surface area (Å²) in [6, 6.07) is 16.9. The highest BCUT2D eigenvalue weighted by Crippen LogP contribution is 2.46. The van der Waals surface area contributed by atoms with Gasteiger partial charge in [-0.2, -0.15) is 11.8 Å². The first kappa shape index (κ1) is 21.0. The summed E-state index contributed by atoms with van der Waals surface area (Å²) in [5.41, 5.74) is 8.33. The molecule has 2 aromatic carbocycles. The highest BCUT2D eigenvalue weighted by atomic mass is 32.2. The van der Waals surface area contributed by atoms with Crippen LogP contribution in [0.3, 0.4) is 0 Å². The number of fused-ring (bicyclic) bond motifs is 1. The SMILES string of the molecule is COc1ccc(COC(=O)C2=C(CSc3ccccc3)CS[C@H]3C2C(=O)[C@H]3N)cc1. The molecule has 0 bridgehead atoms. The predicted molar refractivity (Wildman–Crippen MR) is 120 cm³/mol. The lowest BCUT2D eigenvalue weighted by Crippen LogP contribution is -2.62. The maximum atomic E-state index is 13.0. The fourth-order valence-electron chi connectivity index (χ4n) is 3.65. The van der Waals surface area contributed by atoms with E-state index in [0.717, 1.165) is 21.8 Å². The van der Waals surface area contributed by atoms with E-state index in [1.54, 1.807) is 30.6 Å². The summed E-state index contributed by atoms with van der Waals surface area (Å²) in [7, 11) is 1.61.